The lowest BCUT2D eigenvalue weighted by Crippen LogP contribution is -2.25. The van der Waals surface area contributed by atoms with Crippen LogP contribution in [0, 0.1) is 5.92 Å². The van der Waals surface area contributed by atoms with Crippen molar-refractivity contribution in [3.8, 4) is 11.5 Å². The second-order valence-corrected chi connectivity index (χ2v) is 5.25. The summed E-state index contributed by atoms with van der Waals surface area (Å²) >= 11 is 0. The molecule has 1 saturated carbocycles. The van der Waals surface area contributed by atoms with Crippen molar-refractivity contribution in [2.75, 3.05) is 11.9 Å². The highest BCUT2D eigenvalue weighted by atomic mass is 16.5. The van der Waals surface area contributed by atoms with E-state index in [9.17, 15) is 9.59 Å². The van der Waals surface area contributed by atoms with Gasteiger partial charge in [-0.2, -0.15) is 0 Å². The van der Waals surface area contributed by atoms with Crippen molar-refractivity contribution in [1.29, 1.82) is 0 Å². The Morgan fingerprint density at radius 2 is 2.05 bits per heavy atom. The van der Waals surface area contributed by atoms with E-state index in [1.54, 1.807) is 18.2 Å². The summed E-state index contributed by atoms with van der Waals surface area (Å²) < 4.78 is 10.7. The molecule has 0 radical (unpaired) electrons. The summed E-state index contributed by atoms with van der Waals surface area (Å²) in [4.78, 5) is 23.2. The number of carbonyl (C=O) groups excluding carboxylic acids is 2. The molecule has 0 saturated heterocycles. The fraction of sp³-hybridized carbons (Fsp3) is 0.467. The maximum absolute atomic E-state index is 12.1. The second-order valence-electron chi connectivity index (χ2n) is 5.25. The van der Waals surface area contributed by atoms with Gasteiger partial charge < -0.3 is 14.8 Å². The van der Waals surface area contributed by atoms with Crippen LogP contribution in [0.25, 0.3) is 0 Å². The standard InChI is InChI=1S/C15H17NO4/c17-14-9-19-13-8-11(6-7-12(13)16-14)20-15(18)10-4-2-1-3-5-10/h6-8,10H,1-5,9H2,(H,16,17). The average Bonchev–Trinajstić information content (AvgIpc) is 2.48. The number of anilines is 1. The molecule has 1 N–H and O–H groups in total. The maximum Gasteiger partial charge on any atom is 0.314 e. The molecule has 0 spiro atoms. The van der Waals surface area contributed by atoms with Gasteiger partial charge in [0, 0.05) is 6.07 Å². The SMILES string of the molecule is O=C1COc2cc(OC(=O)C3CCCCC3)ccc2N1. The molecule has 1 aromatic rings. The topological polar surface area (TPSA) is 64.6 Å². The highest BCUT2D eigenvalue weighted by Crippen LogP contribution is 2.32. The van der Waals surface area contributed by atoms with Gasteiger partial charge in [0.2, 0.25) is 0 Å². The van der Waals surface area contributed by atoms with Crippen LogP contribution in [0.4, 0.5) is 5.69 Å². The maximum atomic E-state index is 12.1. The van der Waals surface area contributed by atoms with Crippen LogP contribution < -0.4 is 14.8 Å². The minimum absolute atomic E-state index is 0.00692. The monoisotopic (exact) mass is 275 g/mol. The number of hydrogen-bond donors (Lipinski definition) is 1. The van der Waals surface area contributed by atoms with E-state index < -0.39 is 0 Å². The number of ether oxygens (including phenoxy) is 2. The third kappa shape index (κ3) is 2.76. The highest BCUT2D eigenvalue weighted by molar-refractivity contribution is 5.95. The third-order valence-electron chi connectivity index (χ3n) is 3.74. The van der Waals surface area contributed by atoms with E-state index in [2.05, 4.69) is 5.32 Å². The molecule has 106 valence electrons. The number of nitrogens with one attached hydrogen (secondary N) is 1. The number of fused-ring (bicyclic) bond motifs is 1. The van der Waals surface area contributed by atoms with Crippen LogP contribution in [0.15, 0.2) is 18.2 Å². The van der Waals surface area contributed by atoms with E-state index in [1.165, 1.54) is 6.42 Å². The van der Waals surface area contributed by atoms with E-state index in [0.717, 1.165) is 25.7 Å². The summed E-state index contributed by atoms with van der Waals surface area (Å²) in [6, 6.07) is 5.01. The van der Waals surface area contributed by atoms with Crippen molar-refractivity contribution < 1.29 is 19.1 Å². The largest absolute Gasteiger partial charge is 0.481 e. The first kappa shape index (κ1) is 13.0. The van der Waals surface area contributed by atoms with E-state index in [4.69, 9.17) is 9.47 Å². The van der Waals surface area contributed by atoms with Gasteiger partial charge in [0.05, 0.1) is 11.6 Å². The summed E-state index contributed by atoms with van der Waals surface area (Å²) in [5, 5.41) is 2.70. The smallest absolute Gasteiger partial charge is 0.314 e. The molecule has 1 aliphatic carbocycles. The first-order chi connectivity index (χ1) is 9.72. The fourth-order valence-corrected chi connectivity index (χ4v) is 2.66. The number of benzene rings is 1. The zero-order valence-electron chi connectivity index (χ0n) is 11.2. The van der Waals surface area contributed by atoms with Crippen molar-refractivity contribution >= 4 is 17.6 Å². The van der Waals surface area contributed by atoms with E-state index in [1.807, 2.05) is 0 Å². The Balaban J connectivity index is 1.68. The Morgan fingerprint density at radius 3 is 2.85 bits per heavy atom. The number of rotatable bonds is 2. The molecule has 1 aliphatic heterocycles. The molecule has 1 heterocycles. The van der Waals surface area contributed by atoms with Gasteiger partial charge in [0.25, 0.3) is 5.91 Å². The minimum Gasteiger partial charge on any atom is -0.481 e. The first-order valence-corrected chi connectivity index (χ1v) is 7.01. The first-order valence-electron chi connectivity index (χ1n) is 7.01. The van der Waals surface area contributed by atoms with Gasteiger partial charge in [-0.25, -0.2) is 0 Å². The Kier molecular flexibility index (Phi) is 3.58. The summed E-state index contributed by atoms with van der Waals surface area (Å²) in [7, 11) is 0. The molecule has 1 aromatic carbocycles. The predicted molar refractivity (Wildman–Crippen MR) is 72.8 cm³/mol. The average molecular weight is 275 g/mol. The second kappa shape index (κ2) is 5.53. The lowest BCUT2D eigenvalue weighted by Gasteiger charge is -2.21. The molecular weight excluding hydrogens is 258 g/mol. The molecule has 5 heteroatoms. The predicted octanol–water partition coefficient (Wildman–Crippen LogP) is 2.50. The van der Waals surface area contributed by atoms with Gasteiger partial charge in [0.15, 0.2) is 6.61 Å². The summed E-state index contributed by atoms with van der Waals surface area (Å²) in [6.45, 7) is -0.00692. The number of hydrogen-bond acceptors (Lipinski definition) is 4. The van der Waals surface area contributed by atoms with Crippen LogP contribution in [0.1, 0.15) is 32.1 Å². The molecule has 5 nitrogen and oxygen atoms in total. The summed E-state index contributed by atoms with van der Waals surface area (Å²) in [6.07, 6.45) is 5.22. The van der Waals surface area contributed by atoms with Crippen LogP contribution in [-0.4, -0.2) is 18.5 Å². The van der Waals surface area contributed by atoms with Crippen LogP contribution >= 0.6 is 0 Å². The zero-order chi connectivity index (χ0) is 13.9. The van der Waals surface area contributed by atoms with Crippen LogP contribution in [0.3, 0.4) is 0 Å². The highest BCUT2D eigenvalue weighted by Gasteiger charge is 2.24. The molecule has 1 fully saturated rings. The molecule has 0 aromatic heterocycles. The Labute approximate surface area is 117 Å². The van der Waals surface area contributed by atoms with Crippen molar-refractivity contribution in [1.82, 2.24) is 0 Å². The van der Waals surface area contributed by atoms with Crippen molar-refractivity contribution in [2.24, 2.45) is 5.92 Å². The van der Waals surface area contributed by atoms with E-state index in [-0.39, 0.29) is 24.4 Å². The van der Waals surface area contributed by atoms with Gasteiger partial charge in [-0.1, -0.05) is 19.3 Å². The van der Waals surface area contributed by atoms with Crippen molar-refractivity contribution in [3.63, 3.8) is 0 Å². The fourth-order valence-electron chi connectivity index (χ4n) is 2.66. The van der Waals surface area contributed by atoms with Crippen LogP contribution in [0.5, 0.6) is 11.5 Å². The zero-order valence-corrected chi connectivity index (χ0v) is 11.2. The van der Waals surface area contributed by atoms with Gasteiger partial charge in [-0.05, 0) is 25.0 Å². The Hall–Kier alpha value is -2.04. The van der Waals surface area contributed by atoms with Gasteiger partial charge in [-0.15, -0.1) is 0 Å². The number of carbonyl (C=O) groups is 2. The molecule has 3 rings (SSSR count). The molecule has 1 amide bonds. The molecule has 2 aliphatic rings. The Morgan fingerprint density at radius 1 is 1.25 bits per heavy atom. The van der Waals surface area contributed by atoms with Gasteiger partial charge in [0.1, 0.15) is 11.5 Å². The van der Waals surface area contributed by atoms with E-state index in [0.29, 0.717) is 17.2 Å². The number of esters is 1. The number of amides is 1. The quantitative estimate of drug-likeness (QED) is 0.665. The van der Waals surface area contributed by atoms with Gasteiger partial charge >= 0.3 is 5.97 Å². The van der Waals surface area contributed by atoms with Crippen LogP contribution in [-0.2, 0) is 9.59 Å². The summed E-state index contributed by atoms with van der Waals surface area (Å²) in [5.41, 5.74) is 0.610. The van der Waals surface area contributed by atoms with E-state index >= 15 is 0 Å². The van der Waals surface area contributed by atoms with Crippen molar-refractivity contribution in [3.05, 3.63) is 18.2 Å². The molecular formula is C15H17NO4. The molecule has 0 atom stereocenters. The summed E-state index contributed by atoms with van der Waals surface area (Å²) in [5.74, 6) is 0.684. The minimum atomic E-state index is -0.176. The lowest BCUT2D eigenvalue weighted by molar-refractivity contribution is -0.140. The third-order valence-corrected chi connectivity index (χ3v) is 3.74. The van der Waals surface area contributed by atoms with Gasteiger partial charge in [-0.3, -0.25) is 9.59 Å². The Bertz CT molecular complexity index is 535. The van der Waals surface area contributed by atoms with Crippen molar-refractivity contribution in [2.45, 2.75) is 32.1 Å². The molecule has 0 bridgehead atoms. The lowest BCUT2D eigenvalue weighted by atomic mass is 9.89. The molecule has 20 heavy (non-hydrogen) atoms. The van der Waals surface area contributed by atoms with Crippen LogP contribution in [0.2, 0.25) is 0 Å². The molecule has 0 unspecified atom stereocenters. The normalized spacial score (nSPS) is 18.7.